The second kappa shape index (κ2) is 17.5. The Morgan fingerprint density at radius 1 is 0.574 bits per heavy atom. The lowest BCUT2D eigenvalue weighted by Crippen LogP contribution is -2.25. The molecule has 0 radical (unpaired) electrons. The molecule has 13 heteroatoms. The van der Waals surface area contributed by atoms with E-state index in [1.165, 1.54) is 63.5 Å². The third kappa shape index (κ3) is 10.3. The summed E-state index contributed by atoms with van der Waals surface area (Å²) in [6.45, 7) is 2.20. The van der Waals surface area contributed by atoms with E-state index >= 15 is 22.0 Å². The molecule has 0 aliphatic heterocycles. The molecule has 0 atom stereocenters. The Morgan fingerprint density at radius 3 is 1.74 bits per heavy atom. The van der Waals surface area contributed by atoms with Gasteiger partial charge in [-0.2, -0.15) is 8.78 Å². The van der Waals surface area contributed by atoms with Gasteiger partial charge in [0.05, 0.1) is 5.56 Å². The second-order valence-corrected chi connectivity index (χ2v) is 13.8. The van der Waals surface area contributed by atoms with E-state index in [9.17, 15) is 26.3 Å². The van der Waals surface area contributed by atoms with E-state index in [4.69, 9.17) is 0 Å². The summed E-state index contributed by atoms with van der Waals surface area (Å²) in [5, 5.41) is 0. The monoisotopic (exact) mass is 772 g/mol. The van der Waals surface area contributed by atoms with Crippen molar-refractivity contribution in [2.75, 3.05) is 0 Å². The van der Waals surface area contributed by atoms with Crippen molar-refractivity contribution in [1.82, 2.24) is 0 Å². The van der Waals surface area contributed by atoms with Gasteiger partial charge in [-0.05, 0) is 96.7 Å². The van der Waals surface area contributed by atoms with Crippen molar-refractivity contribution in [2.24, 2.45) is 5.92 Å². The van der Waals surface area contributed by atoms with Crippen LogP contribution in [0.2, 0.25) is 0 Å². The molecule has 5 rings (SSSR count). The molecule has 0 N–H and O–H groups in total. The highest BCUT2D eigenvalue weighted by atomic mass is 19.4. The molecule has 1 aliphatic carbocycles. The molecule has 1 fully saturated rings. The molecule has 0 amide bonds. The normalized spacial score (nSPS) is 16.4. The van der Waals surface area contributed by atoms with Crippen LogP contribution in [-0.2, 0) is 6.11 Å². The third-order valence-electron chi connectivity index (χ3n) is 9.88. The van der Waals surface area contributed by atoms with Crippen molar-refractivity contribution in [3.8, 4) is 33.8 Å². The summed E-state index contributed by atoms with van der Waals surface area (Å²) in [5.74, 6) is -10.9. The zero-order chi connectivity index (χ0) is 39.2. The van der Waals surface area contributed by atoms with Gasteiger partial charge in [0.2, 0.25) is 0 Å². The van der Waals surface area contributed by atoms with Gasteiger partial charge in [0.15, 0.2) is 11.6 Å². The van der Waals surface area contributed by atoms with Crippen molar-refractivity contribution in [2.45, 2.75) is 102 Å². The number of halogens is 11. The zero-order valence-corrected chi connectivity index (χ0v) is 29.4. The van der Waals surface area contributed by atoms with Gasteiger partial charge in [-0.3, -0.25) is 0 Å². The maximum Gasteiger partial charge on any atom is 0.573 e. The van der Waals surface area contributed by atoms with Crippen LogP contribution < -0.4 is 9.47 Å². The van der Waals surface area contributed by atoms with Gasteiger partial charge in [0, 0.05) is 11.6 Å². The summed E-state index contributed by atoms with van der Waals surface area (Å²) >= 11 is 0. The molecule has 0 unspecified atom stereocenters. The molecule has 292 valence electrons. The molecule has 0 heterocycles. The maximum atomic E-state index is 15.4. The quantitative estimate of drug-likeness (QED) is 0.0885. The van der Waals surface area contributed by atoms with Crippen LogP contribution in [0.4, 0.5) is 48.3 Å². The first-order valence-corrected chi connectivity index (χ1v) is 18.0. The smallest absolute Gasteiger partial charge is 0.429 e. The number of alkyl halides is 5. The van der Waals surface area contributed by atoms with Crippen LogP contribution in [0.15, 0.2) is 60.7 Å². The fraction of sp³-hybridized carbons (Fsp3) is 0.415. The Bertz CT molecular complexity index is 1850. The molecule has 2 nitrogen and oxygen atoms in total. The third-order valence-corrected chi connectivity index (χ3v) is 9.88. The SMILES string of the molecule is CCCCCCCCCC1CCC(c2ccc(-c3cc(F)c(-c4cc(F)c(C(F)(F)Oc5ccc(OC(F)(F)F)c(F)c5)c(F)c4)c(F)c3)c(F)c2)CC1. The fourth-order valence-electron chi connectivity index (χ4n) is 7.15. The number of ether oxygens (including phenoxy) is 2. The highest BCUT2D eigenvalue weighted by Crippen LogP contribution is 2.42. The van der Waals surface area contributed by atoms with Gasteiger partial charge in [0.1, 0.15) is 40.4 Å². The van der Waals surface area contributed by atoms with Crippen molar-refractivity contribution >= 4 is 0 Å². The lowest BCUT2D eigenvalue weighted by Gasteiger charge is -2.29. The lowest BCUT2D eigenvalue weighted by molar-refractivity contribution is -0.275. The Kier molecular flexibility index (Phi) is 13.2. The van der Waals surface area contributed by atoms with E-state index in [1.807, 2.05) is 0 Å². The zero-order valence-electron chi connectivity index (χ0n) is 29.4. The first-order chi connectivity index (χ1) is 25.6. The van der Waals surface area contributed by atoms with Crippen molar-refractivity contribution in [1.29, 1.82) is 0 Å². The Morgan fingerprint density at radius 2 is 1.17 bits per heavy atom. The molecule has 0 saturated heterocycles. The topological polar surface area (TPSA) is 18.5 Å². The molecule has 54 heavy (non-hydrogen) atoms. The maximum absolute atomic E-state index is 15.4. The highest BCUT2D eigenvalue weighted by molar-refractivity contribution is 5.72. The molecule has 0 bridgehead atoms. The van der Waals surface area contributed by atoms with Gasteiger partial charge in [-0.25, -0.2) is 26.3 Å². The molecule has 4 aromatic carbocycles. The predicted octanol–water partition coefficient (Wildman–Crippen LogP) is 14.3. The summed E-state index contributed by atoms with van der Waals surface area (Å²) in [6.07, 6.45) is 3.75. The van der Waals surface area contributed by atoms with Gasteiger partial charge in [-0.1, -0.05) is 70.4 Å². The van der Waals surface area contributed by atoms with Crippen LogP contribution in [0.25, 0.3) is 22.3 Å². The summed E-state index contributed by atoms with van der Waals surface area (Å²) in [4.78, 5) is 0. The van der Waals surface area contributed by atoms with E-state index in [-0.39, 0.29) is 35.2 Å². The van der Waals surface area contributed by atoms with Gasteiger partial charge >= 0.3 is 12.5 Å². The molecular formula is C41H39F11O2. The average Bonchev–Trinajstić information content (AvgIpc) is 3.08. The van der Waals surface area contributed by atoms with E-state index in [0.717, 1.165) is 43.4 Å². The Labute approximate surface area is 306 Å². The van der Waals surface area contributed by atoms with Crippen molar-refractivity contribution in [3.05, 3.63) is 107 Å². The minimum Gasteiger partial charge on any atom is -0.429 e. The summed E-state index contributed by atoms with van der Waals surface area (Å²) in [6, 6.07) is 7.26. The van der Waals surface area contributed by atoms with Crippen molar-refractivity contribution in [3.63, 3.8) is 0 Å². The average molecular weight is 773 g/mol. The second-order valence-electron chi connectivity index (χ2n) is 13.8. The van der Waals surface area contributed by atoms with Crippen LogP contribution in [0.3, 0.4) is 0 Å². The van der Waals surface area contributed by atoms with Crippen LogP contribution in [0.5, 0.6) is 11.5 Å². The molecule has 0 spiro atoms. The number of rotatable bonds is 15. The first kappa shape index (κ1) is 40.9. The molecular weight excluding hydrogens is 733 g/mol. The van der Waals surface area contributed by atoms with E-state index in [2.05, 4.69) is 16.4 Å². The molecule has 1 saturated carbocycles. The minimum atomic E-state index is -5.30. The van der Waals surface area contributed by atoms with Gasteiger partial charge in [-0.15, -0.1) is 13.2 Å². The largest absolute Gasteiger partial charge is 0.573 e. The number of benzene rings is 4. The van der Waals surface area contributed by atoms with E-state index < -0.39 is 75.6 Å². The van der Waals surface area contributed by atoms with Crippen LogP contribution in [0, 0.1) is 40.8 Å². The van der Waals surface area contributed by atoms with Gasteiger partial charge < -0.3 is 9.47 Å². The summed E-state index contributed by atoms with van der Waals surface area (Å²) in [7, 11) is 0. The van der Waals surface area contributed by atoms with Crippen LogP contribution in [0.1, 0.15) is 101 Å². The minimum absolute atomic E-state index is 0.0746. The van der Waals surface area contributed by atoms with Gasteiger partial charge in [0.25, 0.3) is 0 Å². The van der Waals surface area contributed by atoms with Crippen LogP contribution >= 0.6 is 0 Å². The van der Waals surface area contributed by atoms with E-state index in [1.54, 1.807) is 6.07 Å². The van der Waals surface area contributed by atoms with Crippen molar-refractivity contribution < 1.29 is 57.8 Å². The van der Waals surface area contributed by atoms with E-state index in [0.29, 0.717) is 18.1 Å². The highest BCUT2D eigenvalue weighted by Gasteiger charge is 2.42. The standard InChI is InChI=1S/C41H39F11O2/c1-2-3-4-5-6-7-8-9-24-10-12-25(13-11-24)26-14-16-30(31(42)18-26)27-19-33(44)38(34(45)20-27)28-21-35(46)39(36(47)22-28)40(48,49)53-29-15-17-37(32(43)23-29)54-41(50,51)52/h14-25H,2-13H2,1H3. The first-order valence-electron chi connectivity index (χ1n) is 18.0. The lowest BCUT2D eigenvalue weighted by atomic mass is 9.77. The molecule has 0 aromatic heterocycles. The molecule has 1 aliphatic rings. The number of unbranched alkanes of at least 4 members (excludes halogenated alkanes) is 6. The number of hydrogen-bond acceptors (Lipinski definition) is 2. The fourth-order valence-corrected chi connectivity index (χ4v) is 7.15. The Balaban J connectivity index is 1.26. The summed E-state index contributed by atoms with van der Waals surface area (Å²) < 4.78 is 165. The summed E-state index contributed by atoms with van der Waals surface area (Å²) in [5.41, 5.74) is -3.36. The Hall–Kier alpha value is -4.29. The molecule has 4 aromatic rings. The van der Waals surface area contributed by atoms with Crippen LogP contribution in [-0.4, -0.2) is 6.36 Å². The predicted molar refractivity (Wildman–Crippen MR) is 182 cm³/mol. The number of hydrogen-bond donors (Lipinski definition) is 0.